The van der Waals surface area contributed by atoms with E-state index in [-0.39, 0.29) is 5.69 Å². The maximum Gasteiger partial charge on any atom is 0.285 e. The van der Waals surface area contributed by atoms with Gasteiger partial charge in [-0.05, 0) is 35.0 Å². The summed E-state index contributed by atoms with van der Waals surface area (Å²) in [7, 11) is 1.86. The van der Waals surface area contributed by atoms with Crippen molar-refractivity contribution in [2.45, 2.75) is 13.5 Å². The number of rotatable bonds is 4. The first-order valence-electron chi connectivity index (χ1n) is 5.64. The van der Waals surface area contributed by atoms with Crippen LogP contribution in [-0.4, -0.2) is 14.7 Å². The number of nitrogens with one attached hydrogen (secondary N) is 1. The average molecular weight is 325 g/mol. The van der Waals surface area contributed by atoms with Gasteiger partial charge in [-0.3, -0.25) is 14.8 Å². The van der Waals surface area contributed by atoms with Gasteiger partial charge in [-0.15, -0.1) is 0 Å². The van der Waals surface area contributed by atoms with Gasteiger partial charge in [-0.1, -0.05) is 0 Å². The van der Waals surface area contributed by atoms with Crippen LogP contribution in [0.1, 0.15) is 11.3 Å². The SMILES string of the molecule is Cc1nn(C)cc1CNc1ccc(Br)c([N+](=O)[O-])c1. The molecule has 100 valence electrons. The van der Waals surface area contributed by atoms with E-state index in [2.05, 4.69) is 26.3 Å². The summed E-state index contributed by atoms with van der Waals surface area (Å²) in [4.78, 5) is 10.4. The molecule has 19 heavy (non-hydrogen) atoms. The van der Waals surface area contributed by atoms with E-state index in [1.807, 2.05) is 20.2 Å². The van der Waals surface area contributed by atoms with Gasteiger partial charge in [0.15, 0.2) is 0 Å². The molecule has 1 heterocycles. The van der Waals surface area contributed by atoms with E-state index in [9.17, 15) is 10.1 Å². The molecule has 0 aliphatic rings. The maximum absolute atomic E-state index is 10.8. The van der Waals surface area contributed by atoms with Crippen LogP contribution in [0.5, 0.6) is 0 Å². The molecular weight excluding hydrogens is 312 g/mol. The zero-order valence-corrected chi connectivity index (χ0v) is 12.1. The molecular formula is C12H13BrN4O2. The summed E-state index contributed by atoms with van der Waals surface area (Å²) in [6.07, 6.45) is 1.93. The van der Waals surface area contributed by atoms with Crippen molar-refractivity contribution in [3.63, 3.8) is 0 Å². The Labute approximate surface area is 118 Å². The van der Waals surface area contributed by atoms with Crippen LogP contribution >= 0.6 is 15.9 Å². The fraction of sp³-hybridized carbons (Fsp3) is 0.250. The summed E-state index contributed by atoms with van der Waals surface area (Å²) >= 11 is 3.16. The third-order valence-electron chi connectivity index (χ3n) is 2.74. The molecule has 0 saturated carbocycles. The van der Waals surface area contributed by atoms with Gasteiger partial charge in [-0.25, -0.2) is 0 Å². The largest absolute Gasteiger partial charge is 0.381 e. The number of halogens is 1. The molecule has 0 fully saturated rings. The van der Waals surface area contributed by atoms with Crippen LogP contribution in [0.15, 0.2) is 28.9 Å². The van der Waals surface area contributed by atoms with Gasteiger partial charge >= 0.3 is 0 Å². The molecule has 0 aliphatic heterocycles. The summed E-state index contributed by atoms with van der Waals surface area (Å²) in [5.41, 5.74) is 2.76. The van der Waals surface area contributed by atoms with E-state index in [1.54, 1.807) is 16.8 Å². The zero-order chi connectivity index (χ0) is 14.0. The van der Waals surface area contributed by atoms with Crippen molar-refractivity contribution in [2.75, 3.05) is 5.32 Å². The van der Waals surface area contributed by atoms with Crippen LogP contribution < -0.4 is 5.32 Å². The molecule has 0 bridgehead atoms. The second kappa shape index (κ2) is 5.40. The Morgan fingerprint density at radius 2 is 2.26 bits per heavy atom. The molecule has 0 spiro atoms. The molecule has 0 amide bonds. The first-order valence-corrected chi connectivity index (χ1v) is 6.43. The molecule has 2 rings (SSSR count). The molecule has 0 aliphatic carbocycles. The summed E-state index contributed by atoms with van der Waals surface area (Å²) in [5.74, 6) is 0. The molecule has 0 saturated heterocycles. The van der Waals surface area contributed by atoms with E-state index >= 15 is 0 Å². The van der Waals surface area contributed by atoms with Crippen molar-refractivity contribution >= 4 is 27.3 Å². The van der Waals surface area contributed by atoms with Crippen LogP contribution in [0.2, 0.25) is 0 Å². The molecule has 2 aromatic rings. The minimum atomic E-state index is -0.412. The summed E-state index contributed by atoms with van der Waals surface area (Å²) in [6.45, 7) is 2.51. The summed E-state index contributed by atoms with van der Waals surface area (Å²) in [6, 6.07) is 4.97. The van der Waals surface area contributed by atoms with Crippen LogP contribution in [-0.2, 0) is 13.6 Å². The predicted molar refractivity (Wildman–Crippen MR) is 76.1 cm³/mol. The highest BCUT2D eigenvalue weighted by molar-refractivity contribution is 9.10. The number of nitrogens with zero attached hydrogens (tertiary/aromatic N) is 3. The molecule has 6 nitrogen and oxygen atoms in total. The van der Waals surface area contributed by atoms with Crippen molar-refractivity contribution in [2.24, 2.45) is 7.05 Å². The molecule has 0 radical (unpaired) electrons. The Balaban J connectivity index is 2.14. The van der Waals surface area contributed by atoms with Gasteiger partial charge in [0.1, 0.15) is 0 Å². The van der Waals surface area contributed by atoms with Crippen LogP contribution in [0.3, 0.4) is 0 Å². The highest BCUT2D eigenvalue weighted by atomic mass is 79.9. The minimum absolute atomic E-state index is 0.0490. The lowest BCUT2D eigenvalue weighted by atomic mass is 10.2. The van der Waals surface area contributed by atoms with Crippen molar-refractivity contribution in [1.82, 2.24) is 9.78 Å². The quantitative estimate of drug-likeness (QED) is 0.693. The number of hydrogen-bond donors (Lipinski definition) is 1. The Morgan fingerprint density at radius 1 is 1.53 bits per heavy atom. The normalized spacial score (nSPS) is 10.5. The van der Waals surface area contributed by atoms with E-state index < -0.39 is 4.92 Å². The number of nitro benzene ring substituents is 1. The fourth-order valence-electron chi connectivity index (χ4n) is 1.78. The number of anilines is 1. The number of hydrogen-bond acceptors (Lipinski definition) is 4. The smallest absolute Gasteiger partial charge is 0.285 e. The average Bonchev–Trinajstić information content (AvgIpc) is 2.66. The lowest BCUT2D eigenvalue weighted by Gasteiger charge is -2.06. The van der Waals surface area contributed by atoms with Crippen molar-refractivity contribution in [1.29, 1.82) is 0 Å². The Kier molecular flexibility index (Phi) is 3.84. The summed E-state index contributed by atoms with van der Waals surface area (Å²) in [5, 5.41) is 18.2. The molecule has 0 unspecified atom stereocenters. The van der Waals surface area contributed by atoms with Crippen LogP contribution in [0.25, 0.3) is 0 Å². The van der Waals surface area contributed by atoms with Gasteiger partial charge < -0.3 is 5.32 Å². The standard InChI is InChI=1S/C12H13BrN4O2/c1-8-9(7-16(2)15-8)6-14-10-3-4-11(13)12(5-10)17(18)19/h3-5,7,14H,6H2,1-2H3. The van der Waals surface area contributed by atoms with Crippen molar-refractivity contribution < 1.29 is 4.92 Å². The molecule has 0 atom stereocenters. The van der Waals surface area contributed by atoms with Gasteiger partial charge in [0, 0.05) is 37.1 Å². The Bertz CT molecular complexity index is 624. The second-order valence-electron chi connectivity index (χ2n) is 4.19. The molecule has 1 aromatic heterocycles. The fourth-order valence-corrected chi connectivity index (χ4v) is 2.17. The number of benzene rings is 1. The third kappa shape index (κ3) is 3.11. The Hall–Kier alpha value is -1.89. The monoisotopic (exact) mass is 324 g/mol. The van der Waals surface area contributed by atoms with Gasteiger partial charge in [0.2, 0.25) is 0 Å². The molecule has 1 N–H and O–H groups in total. The van der Waals surface area contributed by atoms with E-state index in [1.165, 1.54) is 6.07 Å². The van der Waals surface area contributed by atoms with Gasteiger partial charge in [0.05, 0.1) is 15.1 Å². The number of aryl methyl sites for hydroxylation is 2. The van der Waals surface area contributed by atoms with Crippen LogP contribution in [0, 0.1) is 17.0 Å². The third-order valence-corrected chi connectivity index (χ3v) is 3.41. The van der Waals surface area contributed by atoms with Crippen LogP contribution in [0.4, 0.5) is 11.4 Å². The highest BCUT2D eigenvalue weighted by Crippen LogP contribution is 2.28. The predicted octanol–water partition coefficient (Wildman–Crippen LogP) is 3.01. The first-order chi connectivity index (χ1) is 8.97. The second-order valence-corrected chi connectivity index (χ2v) is 5.04. The van der Waals surface area contributed by atoms with Gasteiger partial charge in [-0.2, -0.15) is 5.10 Å². The van der Waals surface area contributed by atoms with Crippen molar-refractivity contribution in [3.8, 4) is 0 Å². The van der Waals surface area contributed by atoms with Gasteiger partial charge in [0.25, 0.3) is 5.69 Å². The molecule has 7 heteroatoms. The number of aromatic nitrogens is 2. The molecule has 1 aromatic carbocycles. The summed E-state index contributed by atoms with van der Waals surface area (Å²) < 4.78 is 2.22. The van der Waals surface area contributed by atoms with E-state index in [0.717, 1.165) is 11.3 Å². The van der Waals surface area contributed by atoms with E-state index in [4.69, 9.17) is 0 Å². The van der Waals surface area contributed by atoms with Crippen molar-refractivity contribution in [3.05, 3.63) is 50.2 Å². The lowest BCUT2D eigenvalue weighted by Crippen LogP contribution is -2.00. The lowest BCUT2D eigenvalue weighted by molar-refractivity contribution is -0.385. The first kappa shape index (κ1) is 13.5. The topological polar surface area (TPSA) is 73.0 Å². The highest BCUT2D eigenvalue weighted by Gasteiger charge is 2.12. The maximum atomic E-state index is 10.8. The number of nitro groups is 1. The minimum Gasteiger partial charge on any atom is -0.381 e. The zero-order valence-electron chi connectivity index (χ0n) is 10.6. The Morgan fingerprint density at radius 3 is 2.84 bits per heavy atom. The van der Waals surface area contributed by atoms with E-state index in [0.29, 0.717) is 16.7 Å².